The van der Waals surface area contributed by atoms with Gasteiger partial charge in [0.1, 0.15) is 0 Å². The number of aromatic nitrogens is 2. The average molecular weight is 349 g/mol. The van der Waals surface area contributed by atoms with Crippen molar-refractivity contribution in [2.75, 3.05) is 26.8 Å². The van der Waals surface area contributed by atoms with E-state index in [4.69, 9.17) is 13.9 Å². The number of hydrogen-bond acceptors (Lipinski definition) is 6. The molecule has 1 aromatic rings. The zero-order valence-corrected chi connectivity index (χ0v) is 15.1. The lowest BCUT2D eigenvalue weighted by atomic mass is 9.76. The number of likely N-dealkylation sites (tertiary alicyclic amines) is 1. The number of amides is 1. The molecule has 0 bridgehead atoms. The maximum Gasteiger partial charge on any atom is 0.225 e. The molecule has 1 aliphatic carbocycles. The number of hydrogen-bond donors (Lipinski definition) is 0. The van der Waals surface area contributed by atoms with E-state index >= 15 is 0 Å². The number of nitrogens with zero attached hydrogens (tertiary/aromatic N) is 3. The molecule has 0 N–H and O–H groups in total. The highest BCUT2D eigenvalue weighted by atomic mass is 16.5. The van der Waals surface area contributed by atoms with Gasteiger partial charge in [0.2, 0.25) is 17.7 Å². The summed E-state index contributed by atoms with van der Waals surface area (Å²) in [6, 6.07) is 0. The van der Waals surface area contributed by atoms with Crippen LogP contribution in [-0.4, -0.2) is 59.5 Å². The van der Waals surface area contributed by atoms with E-state index in [1.807, 2.05) is 11.8 Å². The van der Waals surface area contributed by atoms with E-state index in [1.54, 1.807) is 7.11 Å². The lowest BCUT2D eigenvalue weighted by Crippen LogP contribution is -2.53. The lowest BCUT2D eigenvalue weighted by molar-refractivity contribution is -0.151. The molecule has 1 aromatic heterocycles. The van der Waals surface area contributed by atoms with Gasteiger partial charge in [-0.05, 0) is 32.1 Å². The molecule has 0 radical (unpaired) electrons. The Kier molecular flexibility index (Phi) is 4.54. The van der Waals surface area contributed by atoms with Crippen molar-refractivity contribution in [1.29, 1.82) is 0 Å². The van der Waals surface area contributed by atoms with Crippen LogP contribution >= 0.6 is 0 Å². The third-order valence-corrected chi connectivity index (χ3v) is 6.25. The fourth-order valence-corrected chi connectivity index (χ4v) is 4.52. The first kappa shape index (κ1) is 17.0. The minimum atomic E-state index is -0.222. The van der Waals surface area contributed by atoms with E-state index in [2.05, 4.69) is 10.2 Å². The van der Waals surface area contributed by atoms with Crippen molar-refractivity contribution >= 4 is 5.91 Å². The highest BCUT2D eigenvalue weighted by molar-refractivity contribution is 5.77. The molecule has 0 unspecified atom stereocenters. The minimum Gasteiger partial charge on any atom is -0.425 e. The second-order valence-corrected chi connectivity index (χ2v) is 7.67. The van der Waals surface area contributed by atoms with Crippen molar-refractivity contribution in [2.24, 2.45) is 5.92 Å². The largest absolute Gasteiger partial charge is 0.425 e. The van der Waals surface area contributed by atoms with Crippen LogP contribution in [0.15, 0.2) is 4.42 Å². The number of carbonyl (C=O) groups excluding carboxylic acids is 1. The summed E-state index contributed by atoms with van der Waals surface area (Å²) in [6.45, 7) is 3.99. The Morgan fingerprint density at radius 1 is 1.36 bits per heavy atom. The van der Waals surface area contributed by atoms with Gasteiger partial charge >= 0.3 is 0 Å². The Morgan fingerprint density at radius 2 is 2.20 bits per heavy atom. The van der Waals surface area contributed by atoms with Crippen LogP contribution in [0.25, 0.3) is 0 Å². The number of methoxy groups -OCH3 is 1. The van der Waals surface area contributed by atoms with Gasteiger partial charge in [0.25, 0.3) is 0 Å². The molecule has 3 atom stereocenters. The maximum atomic E-state index is 12.8. The summed E-state index contributed by atoms with van der Waals surface area (Å²) in [5, 5.41) is 8.21. The third-order valence-electron chi connectivity index (χ3n) is 6.25. The quantitative estimate of drug-likeness (QED) is 0.828. The molecule has 1 saturated carbocycles. The normalized spacial score (nSPS) is 31.3. The van der Waals surface area contributed by atoms with E-state index in [0.29, 0.717) is 31.4 Å². The first-order chi connectivity index (χ1) is 12.1. The Labute approximate surface area is 148 Å². The zero-order chi connectivity index (χ0) is 17.4. The lowest BCUT2D eigenvalue weighted by Gasteiger charge is -2.46. The molecule has 4 rings (SSSR count). The second-order valence-electron chi connectivity index (χ2n) is 7.67. The van der Waals surface area contributed by atoms with Crippen molar-refractivity contribution in [3.63, 3.8) is 0 Å². The van der Waals surface area contributed by atoms with Crippen LogP contribution in [-0.2, 0) is 14.3 Å². The van der Waals surface area contributed by atoms with E-state index in [1.165, 1.54) is 0 Å². The number of aryl methyl sites for hydroxylation is 1. The molecule has 7 heteroatoms. The summed E-state index contributed by atoms with van der Waals surface area (Å²) in [6.07, 6.45) is 5.54. The van der Waals surface area contributed by atoms with E-state index in [0.717, 1.165) is 38.6 Å². The number of piperidine rings is 1. The second kappa shape index (κ2) is 6.68. The molecule has 3 heterocycles. The summed E-state index contributed by atoms with van der Waals surface area (Å²) in [5.74, 6) is 1.89. The molecule has 3 aliphatic rings. The van der Waals surface area contributed by atoms with E-state index < -0.39 is 0 Å². The minimum absolute atomic E-state index is 0.176. The number of ether oxygens (including phenoxy) is 2. The summed E-state index contributed by atoms with van der Waals surface area (Å²) >= 11 is 0. The first-order valence-electron chi connectivity index (χ1n) is 9.35. The highest BCUT2D eigenvalue weighted by Crippen LogP contribution is 2.41. The predicted molar refractivity (Wildman–Crippen MR) is 89.0 cm³/mol. The number of fused-ring (bicyclic) bond motifs is 1. The van der Waals surface area contributed by atoms with Crippen LogP contribution in [0.5, 0.6) is 0 Å². The highest BCUT2D eigenvalue weighted by Gasteiger charge is 2.45. The molecule has 138 valence electrons. The van der Waals surface area contributed by atoms with Crippen LogP contribution in [0.2, 0.25) is 0 Å². The maximum absolute atomic E-state index is 12.8. The van der Waals surface area contributed by atoms with Crippen LogP contribution in [0.4, 0.5) is 0 Å². The standard InChI is InChI=1S/C18H27N3O4/c1-12-19-20-17(25-12)13-5-9-24-15-4-8-21(11-14(13)15)16(22)10-18(23-2)6-3-7-18/h13-15H,3-11H2,1-2H3/t13-,14-,15-/m1/s1. The van der Waals surface area contributed by atoms with Gasteiger partial charge in [-0.1, -0.05) is 0 Å². The van der Waals surface area contributed by atoms with E-state index in [-0.39, 0.29) is 29.4 Å². The van der Waals surface area contributed by atoms with Gasteiger partial charge in [0.05, 0.1) is 18.1 Å². The monoisotopic (exact) mass is 349 g/mol. The Morgan fingerprint density at radius 3 is 2.84 bits per heavy atom. The molecule has 1 amide bonds. The van der Waals surface area contributed by atoms with Crippen molar-refractivity contribution in [3.05, 3.63) is 11.8 Å². The average Bonchev–Trinajstić information content (AvgIpc) is 3.03. The van der Waals surface area contributed by atoms with Gasteiger partial charge in [-0.15, -0.1) is 10.2 Å². The van der Waals surface area contributed by atoms with Crippen LogP contribution in [0, 0.1) is 12.8 Å². The van der Waals surface area contributed by atoms with Gasteiger partial charge < -0.3 is 18.8 Å². The molecule has 25 heavy (non-hydrogen) atoms. The van der Waals surface area contributed by atoms with Crippen molar-refractivity contribution in [3.8, 4) is 0 Å². The predicted octanol–water partition coefficient (Wildman–Crippen LogP) is 2.06. The van der Waals surface area contributed by atoms with E-state index in [9.17, 15) is 4.79 Å². The molecular weight excluding hydrogens is 322 g/mol. The van der Waals surface area contributed by atoms with Crippen molar-refractivity contribution in [2.45, 2.75) is 63.1 Å². The topological polar surface area (TPSA) is 77.7 Å². The Hall–Kier alpha value is -1.47. The van der Waals surface area contributed by atoms with Gasteiger partial charge in [-0.25, -0.2) is 0 Å². The van der Waals surface area contributed by atoms with Crippen LogP contribution < -0.4 is 0 Å². The molecular formula is C18H27N3O4. The fraction of sp³-hybridized carbons (Fsp3) is 0.833. The first-order valence-corrected chi connectivity index (χ1v) is 9.35. The Balaban J connectivity index is 1.45. The Bertz CT molecular complexity index is 622. The zero-order valence-electron chi connectivity index (χ0n) is 15.1. The molecule has 3 fully saturated rings. The summed E-state index contributed by atoms with van der Waals surface area (Å²) < 4.78 is 17.3. The van der Waals surface area contributed by atoms with Gasteiger partial charge in [-0.2, -0.15) is 0 Å². The van der Waals surface area contributed by atoms with Crippen LogP contribution in [0.1, 0.15) is 56.2 Å². The number of rotatable bonds is 4. The van der Waals surface area contributed by atoms with Gasteiger partial charge in [0, 0.05) is 45.6 Å². The molecule has 7 nitrogen and oxygen atoms in total. The van der Waals surface area contributed by atoms with Gasteiger partial charge in [-0.3, -0.25) is 4.79 Å². The smallest absolute Gasteiger partial charge is 0.225 e. The summed E-state index contributed by atoms with van der Waals surface area (Å²) in [7, 11) is 1.72. The molecule has 0 aromatic carbocycles. The fourth-order valence-electron chi connectivity index (χ4n) is 4.52. The molecule has 0 spiro atoms. The molecule has 2 aliphatic heterocycles. The summed E-state index contributed by atoms with van der Waals surface area (Å²) in [4.78, 5) is 14.8. The molecule has 2 saturated heterocycles. The number of carbonyl (C=O) groups is 1. The van der Waals surface area contributed by atoms with Gasteiger partial charge in [0.15, 0.2) is 0 Å². The third kappa shape index (κ3) is 3.19. The SMILES string of the molecule is COC1(CC(=O)N2CC[C@H]3OCC[C@@H](c4nnc(C)o4)[C@H]3C2)CCC1. The van der Waals surface area contributed by atoms with Crippen LogP contribution in [0.3, 0.4) is 0 Å². The summed E-state index contributed by atoms with van der Waals surface area (Å²) in [5.41, 5.74) is -0.222. The van der Waals surface area contributed by atoms with Crippen molar-refractivity contribution in [1.82, 2.24) is 15.1 Å². The van der Waals surface area contributed by atoms with Crippen molar-refractivity contribution < 1.29 is 18.7 Å².